The summed E-state index contributed by atoms with van der Waals surface area (Å²) < 4.78 is 0. The molecule has 2 saturated heterocycles. The van der Waals surface area contributed by atoms with Crippen LogP contribution in [0.5, 0.6) is 0 Å². The average Bonchev–Trinajstić information content (AvgIpc) is 3.02. The van der Waals surface area contributed by atoms with Crippen LogP contribution in [-0.2, 0) is 4.79 Å². The van der Waals surface area contributed by atoms with Crippen molar-refractivity contribution in [1.82, 2.24) is 5.32 Å². The van der Waals surface area contributed by atoms with Gasteiger partial charge in [-0.1, -0.05) is 6.07 Å². The van der Waals surface area contributed by atoms with E-state index in [9.17, 15) is 4.79 Å². The van der Waals surface area contributed by atoms with E-state index in [0.29, 0.717) is 0 Å². The van der Waals surface area contributed by atoms with Gasteiger partial charge in [0.25, 0.3) is 0 Å². The van der Waals surface area contributed by atoms with Crippen LogP contribution < -0.4 is 15.5 Å². The molecule has 2 N–H and O–H groups in total. The van der Waals surface area contributed by atoms with Crippen molar-refractivity contribution in [3.8, 4) is 0 Å². The highest BCUT2D eigenvalue weighted by atomic mass is 16.2. The molecular formula is C17H25N3O. The third kappa shape index (κ3) is 3.21. The highest BCUT2D eigenvalue weighted by Crippen LogP contribution is 2.28. The van der Waals surface area contributed by atoms with E-state index in [1.165, 1.54) is 18.5 Å². The van der Waals surface area contributed by atoms with Crippen LogP contribution in [0.3, 0.4) is 0 Å². The lowest BCUT2D eigenvalue weighted by Crippen LogP contribution is -2.46. The first-order valence-electron chi connectivity index (χ1n) is 8.05. The van der Waals surface area contributed by atoms with Gasteiger partial charge in [-0.25, -0.2) is 0 Å². The third-order valence-electron chi connectivity index (χ3n) is 4.72. The van der Waals surface area contributed by atoms with Gasteiger partial charge in [-0.3, -0.25) is 4.79 Å². The summed E-state index contributed by atoms with van der Waals surface area (Å²) in [6.07, 6.45) is 4.55. The van der Waals surface area contributed by atoms with Crippen LogP contribution >= 0.6 is 0 Å². The largest absolute Gasteiger partial charge is 0.371 e. The van der Waals surface area contributed by atoms with Crippen molar-refractivity contribution in [2.45, 2.75) is 32.6 Å². The number of carbonyl (C=O) groups is 1. The van der Waals surface area contributed by atoms with Gasteiger partial charge >= 0.3 is 0 Å². The van der Waals surface area contributed by atoms with E-state index in [0.717, 1.165) is 44.7 Å². The molecule has 0 saturated carbocycles. The predicted octanol–water partition coefficient (Wildman–Crippen LogP) is 2.62. The Bertz CT molecular complexity index is 503. The first kappa shape index (κ1) is 14.4. The van der Waals surface area contributed by atoms with Crippen molar-refractivity contribution < 1.29 is 4.79 Å². The first-order valence-corrected chi connectivity index (χ1v) is 8.05. The average molecular weight is 287 g/mol. The molecule has 3 rings (SSSR count). The molecule has 0 radical (unpaired) electrons. The fourth-order valence-corrected chi connectivity index (χ4v) is 3.29. The van der Waals surface area contributed by atoms with E-state index in [1.54, 1.807) is 0 Å². The molecule has 1 unspecified atom stereocenters. The van der Waals surface area contributed by atoms with Crippen molar-refractivity contribution >= 4 is 17.3 Å². The molecule has 4 heteroatoms. The minimum atomic E-state index is -0.290. The highest BCUT2D eigenvalue weighted by Gasteiger charge is 2.34. The summed E-state index contributed by atoms with van der Waals surface area (Å²) >= 11 is 0. The number of amides is 1. The monoisotopic (exact) mass is 287 g/mol. The van der Waals surface area contributed by atoms with Crippen molar-refractivity contribution in [2.24, 2.45) is 5.41 Å². The maximum Gasteiger partial charge on any atom is 0.231 e. The third-order valence-corrected chi connectivity index (χ3v) is 4.72. The molecular weight excluding hydrogens is 262 g/mol. The van der Waals surface area contributed by atoms with E-state index in [1.807, 2.05) is 12.1 Å². The van der Waals surface area contributed by atoms with Crippen LogP contribution in [0.15, 0.2) is 24.3 Å². The van der Waals surface area contributed by atoms with Crippen LogP contribution in [0.2, 0.25) is 0 Å². The summed E-state index contributed by atoms with van der Waals surface area (Å²) in [4.78, 5) is 14.9. The molecule has 4 nitrogen and oxygen atoms in total. The van der Waals surface area contributed by atoms with Crippen molar-refractivity contribution in [1.29, 1.82) is 0 Å². The van der Waals surface area contributed by atoms with Gasteiger partial charge < -0.3 is 15.5 Å². The quantitative estimate of drug-likeness (QED) is 0.898. The molecule has 2 aliphatic rings. The molecule has 0 aliphatic carbocycles. The van der Waals surface area contributed by atoms with Crippen LogP contribution in [0, 0.1) is 5.41 Å². The van der Waals surface area contributed by atoms with E-state index in [-0.39, 0.29) is 11.3 Å². The van der Waals surface area contributed by atoms with E-state index in [2.05, 4.69) is 34.6 Å². The number of benzene rings is 1. The zero-order valence-corrected chi connectivity index (χ0v) is 12.8. The molecule has 2 heterocycles. The van der Waals surface area contributed by atoms with Crippen molar-refractivity contribution in [3.63, 3.8) is 0 Å². The number of nitrogens with one attached hydrogen (secondary N) is 2. The lowest BCUT2D eigenvalue weighted by atomic mass is 9.82. The smallest absolute Gasteiger partial charge is 0.231 e. The van der Waals surface area contributed by atoms with Gasteiger partial charge in [-0.05, 0) is 57.4 Å². The molecule has 21 heavy (non-hydrogen) atoms. The summed E-state index contributed by atoms with van der Waals surface area (Å²) in [6, 6.07) is 8.25. The zero-order valence-electron chi connectivity index (χ0n) is 12.8. The highest BCUT2D eigenvalue weighted by molar-refractivity contribution is 5.95. The topological polar surface area (TPSA) is 44.4 Å². The maximum absolute atomic E-state index is 12.6. The predicted molar refractivity (Wildman–Crippen MR) is 86.7 cm³/mol. The Kier molecular flexibility index (Phi) is 4.15. The van der Waals surface area contributed by atoms with Crippen molar-refractivity contribution in [2.75, 3.05) is 36.4 Å². The second-order valence-electron chi connectivity index (χ2n) is 6.54. The van der Waals surface area contributed by atoms with Gasteiger partial charge in [0.15, 0.2) is 0 Å². The van der Waals surface area contributed by atoms with Gasteiger partial charge in [0.1, 0.15) is 0 Å². The molecule has 0 spiro atoms. The Balaban J connectivity index is 1.69. The van der Waals surface area contributed by atoms with Crippen molar-refractivity contribution in [3.05, 3.63) is 24.3 Å². The Hall–Kier alpha value is -1.55. The summed E-state index contributed by atoms with van der Waals surface area (Å²) in [5.41, 5.74) is 1.84. The number of hydrogen-bond acceptors (Lipinski definition) is 3. The lowest BCUT2D eigenvalue weighted by Gasteiger charge is -2.32. The number of piperidine rings is 1. The minimum absolute atomic E-state index is 0.133. The van der Waals surface area contributed by atoms with Crippen LogP contribution in [0.1, 0.15) is 32.6 Å². The summed E-state index contributed by atoms with van der Waals surface area (Å²) in [6.45, 7) is 6.09. The Morgan fingerprint density at radius 3 is 2.81 bits per heavy atom. The van der Waals surface area contributed by atoms with Gasteiger partial charge in [0.05, 0.1) is 5.41 Å². The molecule has 1 amide bonds. The molecule has 1 atom stereocenters. The summed E-state index contributed by atoms with van der Waals surface area (Å²) in [5, 5.41) is 6.44. The second-order valence-corrected chi connectivity index (χ2v) is 6.54. The van der Waals surface area contributed by atoms with Crippen LogP contribution in [0.25, 0.3) is 0 Å². The normalized spacial score (nSPS) is 25.9. The van der Waals surface area contributed by atoms with Gasteiger partial charge in [0, 0.05) is 31.0 Å². The second kappa shape index (κ2) is 6.06. The molecule has 0 bridgehead atoms. The standard InChI is InChI=1S/C17H25N3O/c1-17(8-5-9-18-13-17)16(21)19-14-6-4-7-15(12-14)20-10-2-3-11-20/h4,6-7,12,18H,2-3,5,8-11,13H2,1H3,(H,19,21). The molecule has 1 aromatic carbocycles. The SMILES string of the molecule is CC1(C(=O)Nc2cccc(N3CCCC3)c2)CCCNC1. The number of anilines is 2. The lowest BCUT2D eigenvalue weighted by molar-refractivity contribution is -0.125. The Morgan fingerprint density at radius 1 is 1.29 bits per heavy atom. The number of nitrogens with zero attached hydrogens (tertiary/aromatic N) is 1. The minimum Gasteiger partial charge on any atom is -0.371 e. The van der Waals surface area contributed by atoms with Gasteiger partial charge in [0.2, 0.25) is 5.91 Å². The Labute approximate surface area is 126 Å². The molecule has 1 aromatic rings. The first-order chi connectivity index (χ1) is 10.2. The van der Waals surface area contributed by atoms with E-state index >= 15 is 0 Å². The van der Waals surface area contributed by atoms with Gasteiger partial charge in [-0.15, -0.1) is 0 Å². The summed E-state index contributed by atoms with van der Waals surface area (Å²) in [7, 11) is 0. The number of rotatable bonds is 3. The maximum atomic E-state index is 12.6. The van der Waals surface area contributed by atoms with E-state index in [4.69, 9.17) is 0 Å². The fourth-order valence-electron chi connectivity index (χ4n) is 3.29. The van der Waals surface area contributed by atoms with Crippen LogP contribution in [0.4, 0.5) is 11.4 Å². The summed E-state index contributed by atoms with van der Waals surface area (Å²) in [5.74, 6) is 0.133. The van der Waals surface area contributed by atoms with Gasteiger partial charge in [-0.2, -0.15) is 0 Å². The van der Waals surface area contributed by atoms with E-state index < -0.39 is 0 Å². The number of hydrogen-bond donors (Lipinski definition) is 2. The Morgan fingerprint density at radius 2 is 2.10 bits per heavy atom. The molecule has 2 fully saturated rings. The number of carbonyl (C=O) groups excluding carboxylic acids is 1. The zero-order chi connectivity index (χ0) is 14.7. The molecule has 114 valence electrons. The molecule has 0 aromatic heterocycles. The van der Waals surface area contributed by atoms with Crippen LogP contribution in [-0.4, -0.2) is 32.1 Å². The molecule has 2 aliphatic heterocycles. The fraction of sp³-hybridized carbons (Fsp3) is 0.588.